The second-order valence-electron chi connectivity index (χ2n) is 22.1. The van der Waals surface area contributed by atoms with Gasteiger partial charge < -0.3 is 34.5 Å². The summed E-state index contributed by atoms with van der Waals surface area (Å²) in [7, 11) is -1.21. The van der Waals surface area contributed by atoms with Crippen LogP contribution in [-0.2, 0) is 16.6 Å². The Morgan fingerprint density at radius 1 is 0.908 bits per heavy atom. The number of ether oxygens (including phenoxy) is 3. The fourth-order valence-corrected chi connectivity index (χ4v) is 13.1. The number of sulfonamides is 1. The lowest BCUT2D eigenvalue weighted by Crippen LogP contribution is -2.60. The number of aromatic amines is 1. The molecule has 0 bridgehead atoms. The number of hydrogen-bond acceptors (Lipinski definition) is 14. The van der Waals surface area contributed by atoms with Crippen LogP contribution in [0.15, 0.2) is 108 Å². The van der Waals surface area contributed by atoms with E-state index in [0.29, 0.717) is 42.7 Å². The van der Waals surface area contributed by atoms with Crippen molar-refractivity contribution in [3.63, 3.8) is 0 Å². The van der Waals surface area contributed by atoms with Gasteiger partial charge in [0, 0.05) is 98.9 Å². The van der Waals surface area contributed by atoms with Gasteiger partial charge in [-0.3, -0.25) is 24.7 Å². The molecule has 6 aromatic rings. The minimum atomic E-state index is -4.60. The zero-order valence-electron chi connectivity index (χ0n) is 44.1. The van der Waals surface area contributed by atoms with Crippen LogP contribution in [0.3, 0.4) is 0 Å². The van der Waals surface area contributed by atoms with Gasteiger partial charge in [-0.2, -0.15) is 0 Å². The molecule has 76 heavy (non-hydrogen) atoms. The highest BCUT2D eigenvalue weighted by molar-refractivity contribution is 7.90. The number of piperidine rings is 1. The van der Waals surface area contributed by atoms with E-state index in [1.165, 1.54) is 29.5 Å². The Morgan fingerprint density at radius 3 is 2.42 bits per heavy atom. The summed E-state index contributed by atoms with van der Waals surface area (Å²) in [6.07, 6.45) is 10.3. The number of amides is 1. The first-order valence-electron chi connectivity index (χ1n) is 26.6. The Bertz CT molecular complexity index is 3190. The third-order valence-electron chi connectivity index (χ3n) is 16.6. The first kappa shape index (κ1) is 52.7. The van der Waals surface area contributed by atoms with Gasteiger partial charge in [-0.25, -0.2) is 18.1 Å². The number of carbonyl (C=O) groups excluding carboxylic acids is 1. The molecule has 4 N–H and O–H groups in total. The number of H-pyrrole nitrogens is 1. The maximum Gasteiger partial charge on any atom is 0.293 e. The third-order valence-corrected chi connectivity index (χ3v) is 18.0. The number of hydrogen-bond donors (Lipinski definition) is 4. The predicted octanol–water partition coefficient (Wildman–Crippen LogP) is 10.2. The van der Waals surface area contributed by atoms with Crippen LogP contribution in [0.1, 0.15) is 111 Å². The van der Waals surface area contributed by atoms with Crippen LogP contribution in [0.2, 0.25) is 0 Å². The number of nitro benzene ring substituents is 1. The van der Waals surface area contributed by atoms with E-state index >= 15 is 0 Å². The highest BCUT2D eigenvalue weighted by Crippen LogP contribution is 2.53. The van der Waals surface area contributed by atoms with Gasteiger partial charge in [0.05, 0.1) is 41.4 Å². The van der Waals surface area contributed by atoms with Crippen molar-refractivity contribution in [3.8, 4) is 23.0 Å². The van der Waals surface area contributed by atoms with Crippen molar-refractivity contribution >= 4 is 44.0 Å². The van der Waals surface area contributed by atoms with Crippen molar-refractivity contribution in [2.24, 2.45) is 11.3 Å². The Kier molecular flexibility index (Phi) is 15.1. The minimum absolute atomic E-state index is 0.0344. The summed E-state index contributed by atoms with van der Waals surface area (Å²) in [5.41, 5.74) is 4.64. The van der Waals surface area contributed by atoms with E-state index in [9.17, 15) is 28.4 Å². The molecule has 2 aromatic heterocycles. The molecule has 4 fully saturated rings. The number of aromatic nitrogens is 2. The number of fused-ring (bicyclic) bond motifs is 1. The highest BCUT2D eigenvalue weighted by atomic mass is 32.2. The van der Waals surface area contributed by atoms with Gasteiger partial charge in [0.15, 0.2) is 0 Å². The Balaban J connectivity index is 0.832. The third kappa shape index (κ3) is 11.4. The van der Waals surface area contributed by atoms with Crippen LogP contribution in [0.5, 0.6) is 23.0 Å². The van der Waals surface area contributed by atoms with Crippen LogP contribution in [-0.4, -0.2) is 109 Å². The molecule has 2 aliphatic heterocycles. The van der Waals surface area contributed by atoms with E-state index in [2.05, 4.69) is 78.9 Å². The van der Waals surface area contributed by atoms with Crippen LogP contribution in [0.4, 0.5) is 17.1 Å². The van der Waals surface area contributed by atoms with E-state index in [1.54, 1.807) is 38.6 Å². The van der Waals surface area contributed by atoms with Crippen molar-refractivity contribution in [1.82, 2.24) is 24.5 Å². The average molecular weight is 1060 g/mol. The van der Waals surface area contributed by atoms with Crippen LogP contribution >= 0.6 is 0 Å². The number of nitrogens with one attached hydrogen (secondary N) is 3. The molecule has 2 aliphatic carbocycles. The molecule has 4 heterocycles. The second-order valence-corrected chi connectivity index (χ2v) is 23.7. The predicted molar refractivity (Wildman–Crippen MR) is 293 cm³/mol. The quantitative estimate of drug-likeness (QED) is 0.0496. The number of nitro groups is 1. The average Bonchev–Trinajstić information content (AvgIpc) is 3.90. The fourth-order valence-electron chi connectivity index (χ4n) is 12.2. The molecule has 1 atom stereocenters. The standard InChI is InChI=1S/C58H70N8O9S/c1-38(2)47-8-6-7-9-48(47)52-37-63(36-41-10-12-44(73-4)30-53(41)74-5)26-27-65(52)43-32-58(33-43)21-24-64(25-22-58)42-11-14-49(54(29-42)75-45-28-40-18-23-59-55(40)61-35-45)56(67)62-76(71,72)46-13-15-50(51(31-46)66(69)70)60-34-39-16-19-57(3,68)20-17-39/h6-15,18,23,28-31,35,38-39,43,52,60,68H,16-17,19-22,24-27,32-34,36-37H2,1-5H3,(H,59,61)(H,62,67). The fraction of sp³-hybridized carbons (Fsp3) is 0.448. The summed E-state index contributed by atoms with van der Waals surface area (Å²) in [5.74, 6) is 1.74. The van der Waals surface area contributed by atoms with Gasteiger partial charge in [0.2, 0.25) is 0 Å². The number of benzene rings is 4. The largest absolute Gasteiger partial charge is 0.497 e. The zero-order valence-corrected chi connectivity index (χ0v) is 44.9. The van der Waals surface area contributed by atoms with Crippen LogP contribution in [0, 0.1) is 21.4 Å². The van der Waals surface area contributed by atoms with Crippen molar-refractivity contribution in [1.29, 1.82) is 0 Å². The van der Waals surface area contributed by atoms with Gasteiger partial charge in [0.1, 0.15) is 34.3 Å². The van der Waals surface area contributed by atoms with Crippen LogP contribution < -0.4 is 29.1 Å². The Labute approximate surface area is 445 Å². The summed E-state index contributed by atoms with van der Waals surface area (Å²) in [5, 5.41) is 26.5. The Morgan fingerprint density at radius 2 is 1.68 bits per heavy atom. The summed E-state index contributed by atoms with van der Waals surface area (Å²) < 4.78 is 47.6. The van der Waals surface area contributed by atoms with Crippen molar-refractivity contribution in [3.05, 3.63) is 136 Å². The summed E-state index contributed by atoms with van der Waals surface area (Å²) in [6, 6.07) is 28.1. The number of piperazine rings is 1. The number of nitrogens with zero attached hydrogens (tertiary/aromatic N) is 5. The molecule has 4 aliphatic rings. The van der Waals surface area contributed by atoms with Crippen LogP contribution in [0.25, 0.3) is 11.0 Å². The number of anilines is 2. The number of carbonyl (C=O) groups is 1. The second kappa shape index (κ2) is 21.7. The van der Waals surface area contributed by atoms with E-state index < -0.39 is 37.0 Å². The summed E-state index contributed by atoms with van der Waals surface area (Å²) in [4.78, 5) is 40.5. The number of aliphatic hydroxyl groups is 1. The summed E-state index contributed by atoms with van der Waals surface area (Å²) in [6.45, 7) is 12.0. The van der Waals surface area contributed by atoms with Gasteiger partial charge in [-0.05, 0) is 129 Å². The maximum atomic E-state index is 14.1. The Hall–Kier alpha value is -6.73. The minimum Gasteiger partial charge on any atom is -0.497 e. The molecule has 0 radical (unpaired) electrons. The molecule has 4 aromatic carbocycles. The molecule has 1 spiro atoms. The smallest absolute Gasteiger partial charge is 0.293 e. The first-order valence-corrected chi connectivity index (χ1v) is 28.1. The van der Waals surface area contributed by atoms with Crippen molar-refractivity contribution in [2.45, 2.75) is 107 Å². The molecule has 2 saturated heterocycles. The molecule has 1 unspecified atom stereocenters. The molecule has 10 rings (SSSR count). The molecule has 17 nitrogen and oxygen atoms in total. The lowest BCUT2D eigenvalue weighted by Gasteiger charge is -2.58. The van der Waals surface area contributed by atoms with E-state index in [4.69, 9.17) is 14.2 Å². The number of rotatable bonds is 17. The first-order chi connectivity index (χ1) is 36.5. The van der Waals surface area contributed by atoms with Gasteiger partial charge in [0.25, 0.3) is 21.6 Å². The summed E-state index contributed by atoms with van der Waals surface area (Å²) >= 11 is 0. The van der Waals surface area contributed by atoms with Gasteiger partial charge in [-0.15, -0.1) is 0 Å². The normalized spacial score (nSPS) is 21.3. The highest BCUT2D eigenvalue weighted by Gasteiger charge is 2.50. The monoisotopic (exact) mass is 1050 g/mol. The van der Waals surface area contributed by atoms with E-state index in [0.717, 1.165) is 112 Å². The van der Waals surface area contributed by atoms with Crippen molar-refractivity contribution in [2.75, 3.05) is 63.7 Å². The molecule has 2 saturated carbocycles. The van der Waals surface area contributed by atoms with Gasteiger partial charge in [-0.1, -0.05) is 44.2 Å². The SMILES string of the molecule is COc1ccc(CN2CCN(C3CC4(CCN(c5ccc(C(=O)NS(=O)(=O)c6ccc(NCC7CCC(C)(O)CC7)c([N+](=O)[O-])c6)c(Oc6cnc7[nH]ccc7c6)c5)CC4)C3)C(c3ccccc3C(C)C)C2)c(OC)c1. The topological polar surface area (TPSA) is 205 Å². The molecule has 18 heteroatoms. The van der Waals surface area contributed by atoms with E-state index in [-0.39, 0.29) is 34.4 Å². The molecule has 402 valence electrons. The van der Waals surface area contributed by atoms with Crippen molar-refractivity contribution < 1.29 is 37.5 Å². The molecule has 1 amide bonds. The molecular formula is C58H70N8O9S. The van der Waals surface area contributed by atoms with E-state index in [1.807, 2.05) is 31.2 Å². The lowest BCUT2D eigenvalue weighted by molar-refractivity contribution is -0.384. The molecular weight excluding hydrogens is 985 g/mol. The lowest BCUT2D eigenvalue weighted by atomic mass is 9.59. The zero-order chi connectivity index (χ0) is 53.4. The number of methoxy groups -OCH3 is 2. The van der Waals surface area contributed by atoms with Gasteiger partial charge >= 0.3 is 0 Å². The maximum absolute atomic E-state index is 14.1. The number of pyridine rings is 1.